The third-order valence-electron chi connectivity index (χ3n) is 1.68. The molecule has 0 bridgehead atoms. The van der Waals surface area contributed by atoms with E-state index in [1.54, 1.807) is 12.3 Å². The highest BCUT2D eigenvalue weighted by Gasteiger charge is 2.05. The first-order valence-electron chi connectivity index (χ1n) is 3.72. The van der Waals surface area contributed by atoms with Crippen LogP contribution in [0.3, 0.4) is 0 Å². The molecule has 0 atom stereocenters. The van der Waals surface area contributed by atoms with Crippen LogP contribution in [0.15, 0.2) is 29.8 Å². The predicted molar refractivity (Wildman–Crippen MR) is 57.0 cm³/mol. The van der Waals surface area contributed by atoms with E-state index in [0.29, 0.717) is 5.69 Å². The second kappa shape index (κ2) is 3.36. The number of hydrogen-bond acceptors (Lipinski definition) is 3. The van der Waals surface area contributed by atoms with E-state index in [4.69, 9.17) is 17.3 Å². The molecule has 0 spiro atoms. The van der Waals surface area contributed by atoms with Gasteiger partial charge in [-0.3, -0.25) is 4.98 Å². The van der Waals surface area contributed by atoms with E-state index in [-0.39, 0.29) is 0 Å². The number of rotatable bonds is 1. The second-order valence-electron chi connectivity index (χ2n) is 2.58. The lowest BCUT2D eigenvalue weighted by molar-refractivity contribution is 1.33. The molecule has 4 heteroatoms. The number of aromatic nitrogens is 1. The molecule has 2 rings (SSSR count). The molecule has 0 aliphatic heterocycles. The summed E-state index contributed by atoms with van der Waals surface area (Å²) >= 11 is 7.45. The molecular formula is C9H7ClN2S. The normalized spacial score (nSPS) is 10.2. The molecule has 0 aliphatic rings. The van der Waals surface area contributed by atoms with Gasteiger partial charge in [0, 0.05) is 17.4 Å². The molecule has 2 aromatic rings. The first kappa shape index (κ1) is 8.53. The fourth-order valence-corrected chi connectivity index (χ4v) is 2.01. The molecule has 66 valence electrons. The number of hydrogen-bond donors (Lipinski definition) is 1. The zero-order valence-corrected chi connectivity index (χ0v) is 8.27. The number of pyridine rings is 1. The summed E-state index contributed by atoms with van der Waals surface area (Å²) in [5, 5.41) is 1.93. The Morgan fingerprint density at radius 1 is 1.38 bits per heavy atom. The maximum atomic E-state index is 5.96. The molecule has 13 heavy (non-hydrogen) atoms. The summed E-state index contributed by atoms with van der Waals surface area (Å²) in [7, 11) is 0. The maximum Gasteiger partial charge on any atom is 0.102 e. The van der Waals surface area contributed by atoms with Crippen LogP contribution in [0, 0.1) is 0 Å². The van der Waals surface area contributed by atoms with Crippen LogP contribution in [0.5, 0.6) is 0 Å². The summed E-state index contributed by atoms with van der Waals surface area (Å²) < 4.78 is 0.748. The van der Waals surface area contributed by atoms with Gasteiger partial charge in [-0.25, -0.2) is 0 Å². The van der Waals surface area contributed by atoms with Crippen molar-refractivity contribution in [2.24, 2.45) is 0 Å². The van der Waals surface area contributed by atoms with Gasteiger partial charge in [0.05, 0.1) is 5.69 Å². The van der Waals surface area contributed by atoms with Crippen LogP contribution in [0.25, 0.3) is 11.3 Å². The van der Waals surface area contributed by atoms with Gasteiger partial charge in [-0.2, -0.15) is 0 Å². The van der Waals surface area contributed by atoms with Gasteiger partial charge in [0.25, 0.3) is 0 Å². The molecule has 0 saturated carbocycles. The summed E-state index contributed by atoms with van der Waals surface area (Å²) in [5.74, 6) is 0. The summed E-state index contributed by atoms with van der Waals surface area (Å²) in [4.78, 5) is 4.19. The number of nitrogens with zero attached hydrogens (tertiary/aromatic N) is 1. The van der Waals surface area contributed by atoms with Crippen molar-refractivity contribution in [2.75, 3.05) is 5.73 Å². The topological polar surface area (TPSA) is 38.9 Å². The lowest BCUT2D eigenvalue weighted by Crippen LogP contribution is -1.87. The zero-order chi connectivity index (χ0) is 9.26. The fraction of sp³-hybridized carbons (Fsp3) is 0. The number of nitrogen functional groups attached to an aromatic ring is 1. The minimum atomic E-state index is 0.701. The van der Waals surface area contributed by atoms with Crippen LogP contribution in [0.1, 0.15) is 0 Å². The first-order valence-corrected chi connectivity index (χ1v) is 4.98. The first-order chi connectivity index (χ1) is 6.27. The Bertz CT molecular complexity index is 425. The van der Waals surface area contributed by atoms with Crippen molar-refractivity contribution in [3.8, 4) is 11.3 Å². The minimum absolute atomic E-state index is 0.701. The Hall–Kier alpha value is -1.06. The molecule has 0 radical (unpaired) electrons. The second-order valence-corrected chi connectivity index (χ2v) is 4.10. The average Bonchev–Trinajstić information content (AvgIpc) is 2.51. The van der Waals surface area contributed by atoms with Crippen molar-refractivity contribution in [3.63, 3.8) is 0 Å². The molecule has 0 saturated heterocycles. The van der Waals surface area contributed by atoms with Gasteiger partial charge in [-0.05, 0) is 23.6 Å². The Labute approximate surface area is 85.0 Å². The molecule has 0 fully saturated rings. The van der Waals surface area contributed by atoms with Crippen LogP contribution < -0.4 is 5.73 Å². The predicted octanol–water partition coefficient (Wildman–Crippen LogP) is 3.05. The van der Waals surface area contributed by atoms with Gasteiger partial charge in [-0.1, -0.05) is 11.6 Å². The van der Waals surface area contributed by atoms with Gasteiger partial charge in [0.1, 0.15) is 4.34 Å². The van der Waals surface area contributed by atoms with E-state index in [1.807, 2.05) is 17.5 Å². The zero-order valence-electron chi connectivity index (χ0n) is 6.70. The smallest absolute Gasteiger partial charge is 0.102 e. The molecule has 0 aromatic carbocycles. The highest BCUT2D eigenvalue weighted by Crippen LogP contribution is 2.31. The third-order valence-corrected chi connectivity index (χ3v) is 2.85. The van der Waals surface area contributed by atoms with Gasteiger partial charge >= 0.3 is 0 Å². The average molecular weight is 211 g/mol. The van der Waals surface area contributed by atoms with Gasteiger partial charge in [0.15, 0.2) is 0 Å². The van der Waals surface area contributed by atoms with E-state index in [1.165, 1.54) is 11.3 Å². The molecule has 2 aromatic heterocycles. The standard InChI is InChI=1S/C9H7ClN2S/c10-9-7(2-4-13-9)8-5-6(11)1-3-12-8/h1-5H,(H2,11,12). The van der Waals surface area contributed by atoms with Crippen LogP contribution in [-0.4, -0.2) is 4.98 Å². The van der Waals surface area contributed by atoms with E-state index in [0.717, 1.165) is 15.6 Å². The maximum absolute atomic E-state index is 5.96. The van der Waals surface area contributed by atoms with Crippen molar-refractivity contribution in [1.29, 1.82) is 0 Å². The van der Waals surface area contributed by atoms with E-state index >= 15 is 0 Å². The highest BCUT2D eigenvalue weighted by atomic mass is 35.5. The molecule has 2 nitrogen and oxygen atoms in total. The van der Waals surface area contributed by atoms with Gasteiger partial charge in [-0.15, -0.1) is 11.3 Å². The molecule has 0 amide bonds. The summed E-state index contributed by atoms with van der Waals surface area (Å²) in [6.07, 6.45) is 1.68. The van der Waals surface area contributed by atoms with Crippen molar-refractivity contribution in [3.05, 3.63) is 34.1 Å². The van der Waals surface area contributed by atoms with Crippen LogP contribution in [0.2, 0.25) is 4.34 Å². The number of halogens is 1. The Balaban J connectivity index is 2.53. The van der Waals surface area contributed by atoms with Crippen molar-refractivity contribution >= 4 is 28.6 Å². The van der Waals surface area contributed by atoms with Crippen LogP contribution >= 0.6 is 22.9 Å². The number of anilines is 1. The molecule has 2 heterocycles. The van der Waals surface area contributed by atoms with Crippen molar-refractivity contribution in [1.82, 2.24) is 4.98 Å². The fourth-order valence-electron chi connectivity index (χ4n) is 1.07. The van der Waals surface area contributed by atoms with E-state index in [9.17, 15) is 0 Å². The van der Waals surface area contributed by atoms with E-state index in [2.05, 4.69) is 4.98 Å². The number of nitrogens with two attached hydrogens (primary N) is 1. The summed E-state index contributed by atoms with van der Waals surface area (Å²) in [6, 6.07) is 5.51. The molecule has 0 aliphatic carbocycles. The van der Waals surface area contributed by atoms with Crippen molar-refractivity contribution < 1.29 is 0 Å². The van der Waals surface area contributed by atoms with Crippen LogP contribution in [-0.2, 0) is 0 Å². The summed E-state index contributed by atoms with van der Waals surface area (Å²) in [6.45, 7) is 0. The molecule has 0 unspecified atom stereocenters. The van der Waals surface area contributed by atoms with Crippen molar-refractivity contribution in [2.45, 2.75) is 0 Å². The monoisotopic (exact) mass is 210 g/mol. The third kappa shape index (κ3) is 1.66. The molecular weight excluding hydrogens is 204 g/mol. The van der Waals surface area contributed by atoms with Crippen LogP contribution in [0.4, 0.5) is 5.69 Å². The Morgan fingerprint density at radius 3 is 2.85 bits per heavy atom. The van der Waals surface area contributed by atoms with Gasteiger partial charge in [0.2, 0.25) is 0 Å². The highest BCUT2D eigenvalue weighted by molar-refractivity contribution is 7.15. The SMILES string of the molecule is Nc1ccnc(-c2ccsc2Cl)c1. The lowest BCUT2D eigenvalue weighted by Gasteiger charge is -1.98. The quantitative estimate of drug-likeness (QED) is 0.786. The Kier molecular flexibility index (Phi) is 2.20. The Morgan fingerprint density at radius 2 is 2.23 bits per heavy atom. The minimum Gasteiger partial charge on any atom is -0.399 e. The lowest BCUT2D eigenvalue weighted by atomic mass is 10.2. The number of thiophene rings is 1. The van der Waals surface area contributed by atoms with Gasteiger partial charge < -0.3 is 5.73 Å². The molecule has 2 N–H and O–H groups in total. The largest absolute Gasteiger partial charge is 0.399 e. The van der Waals surface area contributed by atoms with E-state index < -0.39 is 0 Å². The summed E-state index contributed by atoms with van der Waals surface area (Å²) in [5.41, 5.74) is 8.10.